The van der Waals surface area contributed by atoms with Crippen LogP contribution in [0.4, 0.5) is 0 Å². The Bertz CT molecular complexity index is 303. The Kier molecular flexibility index (Phi) is 3.36. The first-order chi connectivity index (χ1) is 7.25. The van der Waals surface area contributed by atoms with Crippen LogP contribution in [0.1, 0.15) is 38.4 Å². The molecule has 1 aliphatic rings. The van der Waals surface area contributed by atoms with Gasteiger partial charge >= 0.3 is 0 Å². The Morgan fingerprint density at radius 3 is 2.93 bits per heavy atom. The zero-order chi connectivity index (χ0) is 10.7. The molecule has 0 bridgehead atoms. The molecule has 1 unspecified atom stereocenters. The van der Waals surface area contributed by atoms with Crippen molar-refractivity contribution in [3.05, 3.63) is 12.2 Å². The summed E-state index contributed by atoms with van der Waals surface area (Å²) in [6.45, 7) is 3.08. The lowest BCUT2D eigenvalue weighted by molar-refractivity contribution is 0.264. The minimum Gasteiger partial charge on any atom is -0.320 e. The topological polar surface area (TPSA) is 42.7 Å². The van der Waals surface area contributed by atoms with E-state index < -0.39 is 0 Å². The van der Waals surface area contributed by atoms with Crippen molar-refractivity contribution in [3.63, 3.8) is 0 Å². The third-order valence-corrected chi connectivity index (χ3v) is 3.33. The fourth-order valence-electron chi connectivity index (χ4n) is 2.04. The summed E-state index contributed by atoms with van der Waals surface area (Å²) in [5, 5.41) is 11.4. The summed E-state index contributed by atoms with van der Waals surface area (Å²) in [6, 6.07) is 0.590. The van der Waals surface area contributed by atoms with Gasteiger partial charge in [-0.25, -0.2) is 0 Å². The van der Waals surface area contributed by atoms with E-state index in [-0.39, 0.29) is 0 Å². The summed E-state index contributed by atoms with van der Waals surface area (Å²) in [5.41, 5.74) is 0. The summed E-state index contributed by atoms with van der Waals surface area (Å²) in [5.74, 6) is 1.97. The van der Waals surface area contributed by atoms with Gasteiger partial charge in [-0.2, -0.15) is 0 Å². The van der Waals surface area contributed by atoms with Gasteiger partial charge in [0.05, 0.1) is 6.54 Å². The molecular formula is C11H20N4. The molecule has 0 spiro atoms. The Morgan fingerprint density at radius 2 is 2.40 bits per heavy atom. The first-order valence-electron chi connectivity index (χ1n) is 5.82. The van der Waals surface area contributed by atoms with Crippen molar-refractivity contribution in [2.24, 2.45) is 13.0 Å². The Labute approximate surface area is 91.1 Å². The third kappa shape index (κ3) is 2.78. The van der Waals surface area contributed by atoms with Gasteiger partial charge in [0, 0.05) is 13.1 Å². The molecule has 0 saturated heterocycles. The van der Waals surface area contributed by atoms with Gasteiger partial charge in [-0.05, 0) is 19.3 Å². The standard InChI is InChI=1S/C11H20N4/c1-9(6-10-4-3-5-10)12-7-11-14-13-8-15(11)2/h8-10,12H,3-7H2,1-2H3. The first kappa shape index (κ1) is 10.6. The monoisotopic (exact) mass is 208 g/mol. The molecule has 1 heterocycles. The van der Waals surface area contributed by atoms with Crippen LogP contribution in [0, 0.1) is 5.92 Å². The summed E-state index contributed by atoms with van der Waals surface area (Å²) >= 11 is 0. The molecule has 15 heavy (non-hydrogen) atoms. The summed E-state index contributed by atoms with van der Waals surface area (Å²) < 4.78 is 1.96. The number of hydrogen-bond donors (Lipinski definition) is 1. The van der Waals surface area contributed by atoms with Crippen LogP contribution in [0.5, 0.6) is 0 Å². The van der Waals surface area contributed by atoms with Gasteiger partial charge in [0.1, 0.15) is 12.2 Å². The first-order valence-corrected chi connectivity index (χ1v) is 5.82. The second-order valence-electron chi connectivity index (χ2n) is 4.67. The van der Waals surface area contributed by atoms with Crippen LogP contribution in [0.25, 0.3) is 0 Å². The minimum atomic E-state index is 0.590. The van der Waals surface area contributed by atoms with E-state index in [4.69, 9.17) is 0 Å². The van der Waals surface area contributed by atoms with E-state index in [2.05, 4.69) is 22.4 Å². The molecule has 1 N–H and O–H groups in total. The average molecular weight is 208 g/mol. The molecule has 1 aromatic rings. The number of nitrogens with one attached hydrogen (secondary N) is 1. The van der Waals surface area contributed by atoms with Crippen LogP contribution < -0.4 is 5.32 Å². The lowest BCUT2D eigenvalue weighted by Gasteiger charge is -2.28. The van der Waals surface area contributed by atoms with E-state index in [1.54, 1.807) is 6.33 Å². The number of aryl methyl sites for hydroxylation is 1. The van der Waals surface area contributed by atoms with Crippen molar-refractivity contribution in [2.45, 2.75) is 45.2 Å². The van der Waals surface area contributed by atoms with Crippen molar-refractivity contribution >= 4 is 0 Å². The predicted molar refractivity (Wildman–Crippen MR) is 59.3 cm³/mol. The largest absolute Gasteiger partial charge is 0.320 e. The molecular weight excluding hydrogens is 188 g/mol. The van der Waals surface area contributed by atoms with Crippen molar-refractivity contribution < 1.29 is 0 Å². The lowest BCUT2D eigenvalue weighted by atomic mass is 9.81. The molecule has 2 rings (SSSR count). The highest BCUT2D eigenvalue weighted by Crippen LogP contribution is 2.30. The lowest BCUT2D eigenvalue weighted by Crippen LogP contribution is -2.30. The van der Waals surface area contributed by atoms with Gasteiger partial charge in [-0.1, -0.05) is 19.3 Å². The maximum absolute atomic E-state index is 4.05. The molecule has 4 heteroatoms. The Hall–Kier alpha value is -0.900. The SMILES string of the molecule is CC(CC1CCC1)NCc1nncn1C. The van der Waals surface area contributed by atoms with Crippen molar-refractivity contribution in [3.8, 4) is 0 Å². The minimum absolute atomic E-state index is 0.590. The molecule has 1 atom stereocenters. The van der Waals surface area contributed by atoms with Crippen LogP contribution in [0.3, 0.4) is 0 Å². The van der Waals surface area contributed by atoms with E-state index in [1.807, 2.05) is 11.6 Å². The van der Waals surface area contributed by atoms with E-state index in [0.29, 0.717) is 6.04 Å². The molecule has 0 amide bonds. The van der Waals surface area contributed by atoms with Gasteiger partial charge < -0.3 is 9.88 Å². The van der Waals surface area contributed by atoms with Crippen molar-refractivity contribution in [1.82, 2.24) is 20.1 Å². The second-order valence-corrected chi connectivity index (χ2v) is 4.67. The maximum atomic E-state index is 4.05. The fourth-order valence-corrected chi connectivity index (χ4v) is 2.04. The molecule has 0 aromatic carbocycles. The van der Waals surface area contributed by atoms with Crippen molar-refractivity contribution in [2.75, 3.05) is 0 Å². The molecule has 1 aliphatic carbocycles. The Balaban J connectivity index is 1.70. The molecule has 84 valence electrons. The normalized spacial score (nSPS) is 18.8. The molecule has 4 nitrogen and oxygen atoms in total. The molecule has 0 radical (unpaired) electrons. The zero-order valence-corrected chi connectivity index (χ0v) is 9.61. The smallest absolute Gasteiger partial charge is 0.146 e. The predicted octanol–water partition coefficient (Wildman–Crippen LogP) is 1.48. The van der Waals surface area contributed by atoms with Crippen LogP contribution in [0.15, 0.2) is 6.33 Å². The van der Waals surface area contributed by atoms with Crippen LogP contribution in [0.2, 0.25) is 0 Å². The van der Waals surface area contributed by atoms with Crippen LogP contribution >= 0.6 is 0 Å². The van der Waals surface area contributed by atoms with Crippen LogP contribution in [-0.2, 0) is 13.6 Å². The number of rotatable bonds is 5. The van der Waals surface area contributed by atoms with Gasteiger partial charge in [-0.3, -0.25) is 0 Å². The Morgan fingerprint density at radius 1 is 1.60 bits per heavy atom. The van der Waals surface area contributed by atoms with Crippen molar-refractivity contribution in [1.29, 1.82) is 0 Å². The van der Waals surface area contributed by atoms with Crippen LogP contribution in [-0.4, -0.2) is 20.8 Å². The van der Waals surface area contributed by atoms with Gasteiger partial charge in [-0.15, -0.1) is 10.2 Å². The van der Waals surface area contributed by atoms with Gasteiger partial charge in [0.15, 0.2) is 0 Å². The van der Waals surface area contributed by atoms with E-state index in [9.17, 15) is 0 Å². The quantitative estimate of drug-likeness (QED) is 0.797. The van der Waals surface area contributed by atoms with E-state index in [0.717, 1.165) is 18.3 Å². The highest BCUT2D eigenvalue weighted by Gasteiger charge is 2.19. The highest BCUT2D eigenvalue weighted by atomic mass is 15.3. The van der Waals surface area contributed by atoms with E-state index >= 15 is 0 Å². The fraction of sp³-hybridized carbons (Fsp3) is 0.818. The third-order valence-electron chi connectivity index (χ3n) is 3.33. The van der Waals surface area contributed by atoms with Gasteiger partial charge in [0.2, 0.25) is 0 Å². The summed E-state index contributed by atoms with van der Waals surface area (Å²) in [6.07, 6.45) is 7.33. The molecule has 0 aliphatic heterocycles. The zero-order valence-electron chi connectivity index (χ0n) is 9.61. The maximum Gasteiger partial charge on any atom is 0.146 e. The summed E-state index contributed by atoms with van der Waals surface area (Å²) in [4.78, 5) is 0. The van der Waals surface area contributed by atoms with E-state index in [1.165, 1.54) is 25.7 Å². The molecule has 1 saturated carbocycles. The number of aromatic nitrogens is 3. The second kappa shape index (κ2) is 4.75. The number of nitrogens with zero attached hydrogens (tertiary/aromatic N) is 3. The highest BCUT2D eigenvalue weighted by molar-refractivity contribution is 4.84. The average Bonchev–Trinajstić information content (AvgIpc) is 2.55. The molecule has 1 fully saturated rings. The molecule has 1 aromatic heterocycles. The van der Waals surface area contributed by atoms with Gasteiger partial charge in [0.25, 0.3) is 0 Å². The number of hydrogen-bond acceptors (Lipinski definition) is 3. The summed E-state index contributed by atoms with van der Waals surface area (Å²) in [7, 11) is 1.98.